The predicted octanol–water partition coefficient (Wildman–Crippen LogP) is 6.54. The number of nitrogens with zero attached hydrogens (tertiary/aromatic N) is 11. The Kier molecular flexibility index (Phi) is 20.0. The molecular formula is C51H81N13O7S. The topological polar surface area (TPSA) is 206 Å². The molecular weight excluding hydrogens is 939 g/mol. The van der Waals surface area contributed by atoms with Crippen LogP contribution < -0.4 is 20.3 Å². The first kappa shape index (κ1) is 57.5. The molecule has 3 saturated heterocycles. The van der Waals surface area contributed by atoms with E-state index in [2.05, 4.69) is 76.3 Å². The molecule has 7 rings (SSSR count). The summed E-state index contributed by atoms with van der Waals surface area (Å²) in [5, 5.41) is 11.6. The Morgan fingerprint density at radius 1 is 0.847 bits per heavy atom. The van der Waals surface area contributed by atoms with Crippen molar-refractivity contribution >= 4 is 57.8 Å². The monoisotopic (exact) mass is 1020 g/mol. The quantitative estimate of drug-likeness (QED) is 0.128. The molecule has 0 aliphatic carbocycles. The number of piperazine rings is 3. The van der Waals surface area contributed by atoms with Crippen molar-refractivity contribution in [3.05, 3.63) is 47.7 Å². The van der Waals surface area contributed by atoms with E-state index in [4.69, 9.17) is 14.2 Å². The number of carbonyl (C=O) groups is 3. The second-order valence-electron chi connectivity index (χ2n) is 21.8. The van der Waals surface area contributed by atoms with Gasteiger partial charge in [0.15, 0.2) is 6.29 Å². The normalized spacial score (nSPS) is 18.8. The van der Waals surface area contributed by atoms with E-state index < -0.39 is 32.8 Å². The van der Waals surface area contributed by atoms with E-state index in [1.807, 2.05) is 95.2 Å². The number of anilines is 3. The Bertz CT molecular complexity index is 2460. The summed E-state index contributed by atoms with van der Waals surface area (Å²) in [5.41, 5.74) is 1.54. The van der Waals surface area contributed by atoms with Crippen LogP contribution in [0.25, 0.3) is 10.9 Å². The van der Waals surface area contributed by atoms with Crippen LogP contribution in [0.15, 0.2) is 35.7 Å². The lowest BCUT2D eigenvalue weighted by atomic mass is 10.2. The molecule has 398 valence electrons. The van der Waals surface area contributed by atoms with E-state index in [1.165, 1.54) is 11.0 Å². The van der Waals surface area contributed by atoms with Crippen LogP contribution in [0.1, 0.15) is 104 Å². The molecule has 1 amide bonds. The molecule has 2 unspecified atom stereocenters. The van der Waals surface area contributed by atoms with Gasteiger partial charge in [-0.25, -0.2) is 29.5 Å². The standard InChI is InChI=1S/C30H45N7O4S.C11H16N4O.C10H20N2O2/c1-20-21(2)34-37(28(38)41-29(3,4)5)27(20)33-26-22-17-25(42(39)30(6,7)8)24(18-23(22)31-19-32-26)40-16-10-11-36-14-12-35(9)13-15-36;1-9-7-15(4-3-14(9)2)11-12-5-10(8-16)6-13-11;1-8-7-11-5-6-12(8)9(13)14-10(2,3)4/h17-19H,10-16H2,1-9H3,(H,31,32,33);5-6,8-9H,3-4,7H2,1-2H3;8,11H,5-7H2,1-4H3/t;9-;/m.1./s1. The summed E-state index contributed by atoms with van der Waals surface area (Å²) < 4.78 is 31.6. The molecule has 0 radical (unpaired) electrons. The number of ether oxygens (including phenoxy) is 3. The summed E-state index contributed by atoms with van der Waals surface area (Å²) in [6, 6.07) is 4.40. The van der Waals surface area contributed by atoms with Gasteiger partial charge in [-0.3, -0.25) is 9.00 Å². The molecule has 3 fully saturated rings. The Hall–Kier alpha value is -5.35. The van der Waals surface area contributed by atoms with E-state index in [0.29, 0.717) is 63.0 Å². The molecule has 6 heterocycles. The number of hydrogen-bond acceptors (Lipinski definition) is 18. The molecule has 2 N–H and O–H groups in total. The van der Waals surface area contributed by atoms with Crippen molar-refractivity contribution in [2.75, 3.05) is 103 Å². The van der Waals surface area contributed by atoms with Gasteiger partial charge in [-0.05, 0) is 117 Å². The second kappa shape index (κ2) is 25.1. The van der Waals surface area contributed by atoms with Gasteiger partial charge in [0.2, 0.25) is 5.95 Å². The first-order chi connectivity index (χ1) is 33.7. The van der Waals surface area contributed by atoms with Crippen molar-refractivity contribution in [2.45, 2.75) is 129 Å². The van der Waals surface area contributed by atoms with Gasteiger partial charge in [0, 0.05) is 118 Å². The van der Waals surface area contributed by atoms with Crippen molar-refractivity contribution in [3.63, 3.8) is 0 Å². The minimum atomic E-state index is -1.38. The lowest BCUT2D eigenvalue weighted by molar-refractivity contribution is 0.0140. The van der Waals surface area contributed by atoms with Crippen LogP contribution in [0.5, 0.6) is 5.75 Å². The fourth-order valence-corrected chi connectivity index (χ4v) is 9.00. The average Bonchev–Trinajstić information content (AvgIpc) is 3.59. The highest BCUT2D eigenvalue weighted by atomic mass is 32.2. The van der Waals surface area contributed by atoms with Crippen LogP contribution >= 0.6 is 0 Å². The number of likely N-dealkylation sites (N-methyl/N-ethyl adjacent to an activating group) is 2. The smallest absolute Gasteiger partial charge is 0.437 e. The molecule has 3 aromatic heterocycles. The maximum absolute atomic E-state index is 13.7. The van der Waals surface area contributed by atoms with E-state index >= 15 is 0 Å². The average molecular weight is 1020 g/mol. The van der Waals surface area contributed by atoms with Gasteiger partial charge in [-0.15, -0.1) is 4.68 Å². The summed E-state index contributed by atoms with van der Waals surface area (Å²) in [5.74, 6) is 2.18. The minimum Gasteiger partial charge on any atom is -0.492 e. The third kappa shape index (κ3) is 16.6. The number of rotatable bonds is 10. The largest absolute Gasteiger partial charge is 0.492 e. The highest BCUT2D eigenvalue weighted by Crippen LogP contribution is 2.36. The molecule has 72 heavy (non-hydrogen) atoms. The molecule has 20 nitrogen and oxygen atoms in total. The van der Waals surface area contributed by atoms with Crippen LogP contribution in [0, 0.1) is 13.8 Å². The van der Waals surface area contributed by atoms with Crippen LogP contribution in [-0.2, 0) is 20.3 Å². The van der Waals surface area contributed by atoms with Gasteiger partial charge in [0.1, 0.15) is 34.9 Å². The van der Waals surface area contributed by atoms with Crippen molar-refractivity contribution in [1.29, 1.82) is 0 Å². The first-order valence-electron chi connectivity index (χ1n) is 25.0. The number of aldehydes is 1. The van der Waals surface area contributed by atoms with Gasteiger partial charge in [0.25, 0.3) is 0 Å². The number of nitrogens with one attached hydrogen (secondary N) is 2. The van der Waals surface area contributed by atoms with Crippen LogP contribution in [0.4, 0.5) is 27.2 Å². The molecule has 0 spiro atoms. The van der Waals surface area contributed by atoms with E-state index in [9.17, 15) is 18.6 Å². The van der Waals surface area contributed by atoms with Crippen molar-refractivity contribution in [3.8, 4) is 5.75 Å². The predicted molar refractivity (Wildman–Crippen MR) is 283 cm³/mol. The third-order valence-electron chi connectivity index (χ3n) is 12.3. The Balaban J connectivity index is 0.000000259. The molecule has 21 heteroatoms. The molecule has 0 bridgehead atoms. The summed E-state index contributed by atoms with van der Waals surface area (Å²) in [6.45, 7) is 35.9. The maximum atomic E-state index is 13.7. The van der Waals surface area contributed by atoms with Gasteiger partial charge in [0.05, 0.1) is 39.1 Å². The van der Waals surface area contributed by atoms with Gasteiger partial charge in [-0.1, -0.05) is 0 Å². The zero-order chi connectivity index (χ0) is 53.1. The summed E-state index contributed by atoms with van der Waals surface area (Å²) >= 11 is 0. The van der Waals surface area contributed by atoms with Crippen LogP contribution in [-0.4, -0.2) is 193 Å². The van der Waals surface area contributed by atoms with Crippen molar-refractivity contribution in [1.82, 2.24) is 54.6 Å². The van der Waals surface area contributed by atoms with E-state index in [-0.39, 0.29) is 12.1 Å². The van der Waals surface area contributed by atoms with Crippen LogP contribution in [0.2, 0.25) is 0 Å². The first-order valence-corrected chi connectivity index (χ1v) is 26.1. The van der Waals surface area contributed by atoms with Crippen molar-refractivity contribution in [2.24, 2.45) is 0 Å². The SMILES string of the molecule is CC1CNCCN1C(=O)OC(C)(C)C.C[C@@H]1CN(c2ncc(C=O)cn2)CCN1C.Cc1nn(C(=O)OC(C)(C)C)c(Nc2ncnc3cc(OCCCN4CCN(C)CC4)c(S(=O)C(C)(C)C)cc23)c1C. The summed E-state index contributed by atoms with van der Waals surface area (Å²) in [4.78, 5) is 64.2. The number of amides is 1. The number of aryl methyl sites for hydroxylation is 1. The minimum absolute atomic E-state index is 0.202. The van der Waals surface area contributed by atoms with Gasteiger partial charge < -0.3 is 49.3 Å². The molecule has 3 aliphatic rings. The highest BCUT2D eigenvalue weighted by molar-refractivity contribution is 7.86. The zero-order valence-electron chi connectivity index (χ0n) is 45.5. The number of carbonyl (C=O) groups excluding carboxylic acids is 3. The molecule has 4 aromatic rings. The van der Waals surface area contributed by atoms with Gasteiger partial charge in [-0.2, -0.15) is 5.10 Å². The molecule has 0 saturated carbocycles. The fraction of sp³-hybridized carbons (Fsp3) is 0.647. The summed E-state index contributed by atoms with van der Waals surface area (Å²) in [6.07, 6.45) is 5.42. The van der Waals surface area contributed by atoms with Gasteiger partial charge >= 0.3 is 12.2 Å². The fourth-order valence-electron chi connectivity index (χ4n) is 7.81. The lowest BCUT2D eigenvalue weighted by Crippen LogP contribution is -2.53. The molecule has 1 aromatic carbocycles. The second-order valence-corrected chi connectivity index (χ2v) is 24.0. The number of fused-ring (bicyclic) bond motifs is 1. The lowest BCUT2D eigenvalue weighted by Gasteiger charge is -2.37. The van der Waals surface area contributed by atoms with Crippen LogP contribution in [0.3, 0.4) is 0 Å². The zero-order valence-corrected chi connectivity index (χ0v) is 46.3. The van der Waals surface area contributed by atoms with Crippen molar-refractivity contribution < 1.29 is 32.8 Å². The number of hydrogen-bond donors (Lipinski definition) is 2. The molecule has 3 atom stereocenters. The third-order valence-corrected chi connectivity index (χ3v) is 14.1. The Morgan fingerprint density at radius 2 is 1.50 bits per heavy atom. The highest BCUT2D eigenvalue weighted by Gasteiger charge is 2.30. The number of aromatic nitrogens is 6. The number of benzene rings is 1. The molecule has 3 aliphatic heterocycles. The Morgan fingerprint density at radius 3 is 2.10 bits per heavy atom. The maximum Gasteiger partial charge on any atom is 0.437 e. The van der Waals surface area contributed by atoms with E-state index in [1.54, 1.807) is 17.3 Å². The summed E-state index contributed by atoms with van der Waals surface area (Å²) in [7, 11) is 2.90. The van der Waals surface area contributed by atoms with E-state index in [0.717, 1.165) is 90.3 Å². The Labute approximate surface area is 429 Å².